The molecule has 12 aromatic rings. The topological polar surface area (TPSA) is 226 Å². The molecular formula is C93H80N12O8Si2. The number of imidazole rings is 4. The summed E-state index contributed by atoms with van der Waals surface area (Å²) in [4.78, 5) is 91.1. The number of terminal acetylenes is 2. The Kier molecular flexibility index (Phi) is 22.8. The molecule has 115 heavy (non-hydrogen) atoms. The van der Waals surface area contributed by atoms with Gasteiger partial charge < -0.3 is 18.9 Å². The Bertz CT molecular complexity index is 5790. The first-order valence-electron chi connectivity index (χ1n) is 37.3. The fourth-order valence-corrected chi connectivity index (χ4v) is 14.6. The molecule has 0 aliphatic carbocycles. The van der Waals surface area contributed by atoms with Crippen LogP contribution in [0, 0.1) is 47.6 Å². The molecule has 0 N–H and O–H groups in total. The lowest BCUT2D eigenvalue weighted by atomic mass is 9.98. The van der Waals surface area contributed by atoms with Gasteiger partial charge in [0.05, 0.1) is 121 Å². The third-order valence-electron chi connectivity index (χ3n) is 19.0. The third-order valence-corrected chi connectivity index (χ3v) is 20.8. The number of hydrogen-bond acceptors (Lipinski definition) is 16. The molecule has 20 nitrogen and oxygen atoms in total. The normalized spacial score (nSPS) is 12.6. The molecule has 0 saturated carbocycles. The van der Waals surface area contributed by atoms with Gasteiger partial charge in [0.2, 0.25) is 0 Å². The number of nitrogens with zero attached hydrogens (tertiary/aromatic N) is 12. The minimum atomic E-state index is -1.60. The maximum absolute atomic E-state index is 13.5. The van der Waals surface area contributed by atoms with Gasteiger partial charge in [-0.1, -0.05) is 192 Å². The summed E-state index contributed by atoms with van der Waals surface area (Å²) in [5.74, 6) is 9.80. The summed E-state index contributed by atoms with van der Waals surface area (Å²) in [6, 6.07) is 63.1. The molecule has 0 bridgehead atoms. The van der Waals surface area contributed by atoms with Crippen molar-refractivity contribution in [2.75, 3.05) is 26.4 Å². The number of rotatable bonds is 16. The number of aliphatic imine (C=N–C) groups is 4. The van der Waals surface area contributed by atoms with Gasteiger partial charge in [0, 0.05) is 79.6 Å². The number of hydrogen-bond donors (Lipinski definition) is 0. The van der Waals surface area contributed by atoms with Gasteiger partial charge in [-0.3, -0.25) is 38.2 Å². The molecule has 0 unspecified atom stereocenters. The lowest BCUT2D eigenvalue weighted by Gasteiger charge is -2.13. The van der Waals surface area contributed by atoms with Gasteiger partial charge in [0.15, 0.2) is 22.8 Å². The van der Waals surface area contributed by atoms with Gasteiger partial charge in [-0.2, -0.15) is 0 Å². The summed E-state index contributed by atoms with van der Waals surface area (Å²) in [5, 5.41) is 0. The highest BCUT2D eigenvalue weighted by molar-refractivity contribution is 6.84. The molecule has 4 aliphatic rings. The lowest BCUT2D eigenvalue weighted by Crippen LogP contribution is -2.16. The molecule has 0 saturated heterocycles. The highest BCUT2D eigenvalue weighted by Crippen LogP contribution is 2.34. The fraction of sp³-hybridized carbons (Fsp3) is 0.183. The first kappa shape index (κ1) is 77.6. The van der Waals surface area contributed by atoms with E-state index in [4.69, 9.17) is 51.8 Å². The highest BCUT2D eigenvalue weighted by atomic mass is 28.3. The van der Waals surface area contributed by atoms with Crippen LogP contribution < -0.4 is 0 Å². The molecule has 4 aliphatic heterocycles. The van der Waals surface area contributed by atoms with E-state index in [1.54, 1.807) is 25.3 Å². The van der Waals surface area contributed by atoms with E-state index in [1.807, 2.05) is 200 Å². The van der Waals surface area contributed by atoms with Crippen LogP contribution in [-0.2, 0) is 45.1 Å². The molecule has 0 spiro atoms. The van der Waals surface area contributed by atoms with Crippen LogP contribution in [0.4, 0.5) is 0 Å². The molecule has 0 atom stereocenters. The van der Waals surface area contributed by atoms with Crippen LogP contribution in [-0.4, -0.2) is 128 Å². The fourth-order valence-electron chi connectivity index (χ4n) is 13.6. The number of esters is 4. The zero-order valence-electron chi connectivity index (χ0n) is 63.6. The van der Waals surface area contributed by atoms with Gasteiger partial charge in [-0.15, -0.1) is 23.9 Å². The number of carbonyl (C=O) groups is 4. The van der Waals surface area contributed by atoms with Crippen molar-refractivity contribution >= 4 is 62.9 Å². The Morgan fingerprint density at radius 3 is 0.817 bits per heavy atom. The highest BCUT2D eigenvalue weighted by Gasteiger charge is 2.32. The van der Waals surface area contributed by atoms with Crippen molar-refractivity contribution in [1.29, 1.82) is 0 Å². The van der Waals surface area contributed by atoms with E-state index < -0.39 is 40.0 Å². The minimum absolute atomic E-state index is 0. The monoisotopic (exact) mass is 1550 g/mol. The smallest absolute Gasteiger partial charge is 0.358 e. The number of benzene rings is 8. The quantitative estimate of drug-likeness (QED) is 0.0289. The maximum Gasteiger partial charge on any atom is 0.358 e. The van der Waals surface area contributed by atoms with Crippen LogP contribution in [0.1, 0.15) is 152 Å². The largest absolute Gasteiger partial charge is 0.461 e. The maximum atomic E-state index is 13.5. The Morgan fingerprint density at radius 2 is 0.583 bits per heavy atom. The van der Waals surface area contributed by atoms with Gasteiger partial charge in [0.1, 0.15) is 41.5 Å². The third kappa shape index (κ3) is 16.9. The van der Waals surface area contributed by atoms with E-state index in [0.29, 0.717) is 22.8 Å². The molecular weight excluding hydrogens is 1470 g/mol. The minimum Gasteiger partial charge on any atom is -0.461 e. The molecule has 0 fully saturated rings. The van der Waals surface area contributed by atoms with E-state index in [1.165, 1.54) is 0 Å². The van der Waals surface area contributed by atoms with Crippen LogP contribution in [0.15, 0.2) is 239 Å². The van der Waals surface area contributed by atoms with Gasteiger partial charge in [-0.05, 0) is 72.8 Å². The molecule has 16 rings (SSSR count). The van der Waals surface area contributed by atoms with E-state index in [-0.39, 0.29) is 95.7 Å². The molecule has 0 amide bonds. The standard InChI is InChI=1S/C49H46N6O4Si2.C43H30N6O4.CH4/c1-60(2,3)26-22-34-18-20-40-38(28-34)44(36-14-9-7-10-15-36)50-30-42-46(52-32-54(40)42)48(56)58-24-13-25-59-49(57)47-43-31-51-45(37-16-11-8-12-17-37)39-29-35(23-27-61(4,5)6)19-21-41(39)55(43)33-53-47;1-3-28-16-18-34-32(22-28)38(30-12-7-5-8-13-30)44-24-36-40(46-26-48(34)36)42(50)52-20-11-21-53-43(51)41-37-25-45-39(31-14-9-6-10-15-31)33-23-29(4-2)17-19-35(33)49(37)27-47-41;/h7-12,14-21,28-29,32-33H,13,24-25,30-31H2,1-6H3;1-2,5-10,12-19,22-23,26-27H,11,20-21,24-25H2;1H4. The van der Waals surface area contributed by atoms with Crippen LogP contribution in [0.5, 0.6) is 0 Å². The molecule has 568 valence electrons. The Morgan fingerprint density at radius 1 is 0.348 bits per heavy atom. The second-order valence-electron chi connectivity index (χ2n) is 29.2. The van der Waals surface area contributed by atoms with Crippen molar-refractivity contribution < 1.29 is 38.1 Å². The van der Waals surface area contributed by atoms with Crippen molar-refractivity contribution in [3.05, 3.63) is 332 Å². The summed E-state index contributed by atoms with van der Waals surface area (Å²) >= 11 is 0. The predicted octanol–water partition coefficient (Wildman–Crippen LogP) is 15.4. The summed E-state index contributed by atoms with van der Waals surface area (Å²) in [5.41, 5.74) is 27.1. The van der Waals surface area contributed by atoms with Crippen LogP contribution in [0.3, 0.4) is 0 Å². The first-order chi connectivity index (χ1) is 55.4. The van der Waals surface area contributed by atoms with Crippen molar-refractivity contribution in [3.8, 4) is 70.4 Å². The van der Waals surface area contributed by atoms with Crippen LogP contribution in [0.25, 0.3) is 22.7 Å². The Hall–Kier alpha value is -14.2. The second-order valence-corrected chi connectivity index (χ2v) is 38.7. The van der Waals surface area contributed by atoms with Crippen molar-refractivity contribution in [1.82, 2.24) is 38.2 Å². The second kappa shape index (κ2) is 33.8. The number of aromatic nitrogens is 8. The molecule has 22 heteroatoms. The summed E-state index contributed by atoms with van der Waals surface area (Å²) in [7, 11) is -3.20. The number of carbonyl (C=O) groups excluding carboxylic acids is 4. The number of fused-ring (bicyclic) bond motifs is 12. The summed E-state index contributed by atoms with van der Waals surface area (Å²) < 4.78 is 30.0. The van der Waals surface area contributed by atoms with E-state index in [2.05, 4.69) is 106 Å². The van der Waals surface area contributed by atoms with E-state index in [0.717, 1.165) is 112 Å². The number of ether oxygens (including phenoxy) is 4. The van der Waals surface area contributed by atoms with E-state index in [9.17, 15) is 19.2 Å². The first-order valence-corrected chi connectivity index (χ1v) is 44.3. The van der Waals surface area contributed by atoms with Crippen molar-refractivity contribution in [2.45, 2.75) is 85.7 Å². The lowest BCUT2D eigenvalue weighted by molar-refractivity contribution is 0.0370. The molecule has 4 aromatic heterocycles. The average Bonchev–Trinajstić information content (AvgIpc) is 1.68. The zero-order valence-corrected chi connectivity index (χ0v) is 65.6. The van der Waals surface area contributed by atoms with Gasteiger partial charge in [0.25, 0.3) is 0 Å². The Balaban J connectivity index is 0.000000190. The average molecular weight is 1550 g/mol. The molecule has 8 aromatic carbocycles. The molecule has 8 heterocycles. The van der Waals surface area contributed by atoms with Gasteiger partial charge in [-0.25, -0.2) is 39.1 Å². The summed E-state index contributed by atoms with van der Waals surface area (Å²) in [6.07, 6.45) is 18.5. The molecule has 0 radical (unpaired) electrons. The van der Waals surface area contributed by atoms with Gasteiger partial charge >= 0.3 is 23.9 Å². The Labute approximate surface area is 669 Å². The predicted molar refractivity (Wildman–Crippen MR) is 451 cm³/mol. The van der Waals surface area contributed by atoms with Crippen LogP contribution in [0.2, 0.25) is 39.3 Å². The van der Waals surface area contributed by atoms with Crippen molar-refractivity contribution in [3.63, 3.8) is 0 Å². The van der Waals surface area contributed by atoms with E-state index >= 15 is 0 Å². The van der Waals surface area contributed by atoms with Crippen LogP contribution >= 0.6 is 0 Å². The SMILES string of the molecule is C.C#Cc1ccc2c(c1)C(c1ccccc1)=NCc1c(C(=O)OCCCOC(=O)c3ncn4c3CN=C(c3ccccc3)c3cc(C#C)ccc3-4)ncn1-2.C[Si](C)(C)C#Cc1ccc2c(c1)C(c1ccccc1)=NCc1c(C(=O)OCCCOC(=O)c3ncn4c3CN=C(c3ccccc3)c3cc(C#C[Si](C)(C)C)ccc3-4)ncn1-2. The zero-order chi connectivity index (χ0) is 79.0. The summed E-state index contributed by atoms with van der Waals surface area (Å²) in [6.45, 7) is 14.2. The van der Waals surface area contributed by atoms with Crippen molar-refractivity contribution in [2.24, 2.45) is 20.0 Å².